The van der Waals surface area contributed by atoms with Gasteiger partial charge in [-0.15, -0.1) is 12.4 Å². The van der Waals surface area contributed by atoms with Crippen molar-refractivity contribution in [2.75, 3.05) is 13.1 Å². The van der Waals surface area contributed by atoms with E-state index in [9.17, 15) is 0 Å². The van der Waals surface area contributed by atoms with Gasteiger partial charge in [-0.2, -0.15) is 0 Å². The third-order valence-corrected chi connectivity index (χ3v) is 2.72. The predicted molar refractivity (Wildman–Crippen MR) is 63.7 cm³/mol. The molecule has 0 aliphatic carbocycles. The Morgan fingerprint density at radius 2 is 2.14 bits per heavy atom. The Morgan fingerprint density at radius 3 is 2.64 bits per heavy atom. The number of halogens is 3. The lowest BCUT2D eigenvalue weighted by Gasteiger charge is -2.28. The monoisotopic (exact) mass is 297 g/mol. The van der Waals surface area contributed by atoms with E-state index in [0.717, 1.165) is 23.3 Å². The van der Waals surface area contributed by atoms with Crippen LogP contribution < -0.4 is 10.1 Å². The smallest absolute Gasteiger partial charge is 0.138 e. The second kappa shape index (κ2) is 5.21. The highest BCUT2D eigenvalue weighted by Crippen LogP contribution is 2.28. The number of benzene rings is 1. The van der Waals surface area contributed by atoms with Gasteiger partial charge in [-0.1, -0.05) is 27.5 Å². The van der Waals surface area contributed by atoms with Crippen molar-refractivity contribution < 1.29 is 4.74 Å². The summed E-state index contributed by atoms with van der Waals surface area (Å²) in [5.41, 5.74) is 0. The van der Waals surface area contributed by atoms with Gasteiger partial charge in [0.1, 0.15) is 11.9 Å². The molecule has 0 amide bonds. The highest BCUT2D eigenvalue weighted by atomic mass is 79.9. The fourth-order valence-electron chi connectivity index (χ4n) is 1.10. The van der Waals surface area contributed by atoms with Crippen molar-refractivity contribution in [3.05, 3.63) is 27.7 Å². The molecule has 1 aromatic rings. The SMILES string of the molecule is Cl.Clc1cc(Br)ccc1OC1CNC1. The quantitative estimate of drug-likeness (QED) is 0.906. The summed E-state index contributed by atoms with van der Waals surface area (Å²) in [6, 6.07) is 5.64. The standard InChI is InChI=1S/C9H9BrClNO.ClH/c10-6-1-2-9(8(11)3-6)13-7-4-12-5-7;/h1-3,7,12H,4-5H2;1H. The molecule has 0 unspecified atom stereocenters. The maximum absolute atomic E-state index is 5.98. The van der Waals surface area contributed by atoms with Gasteiger partial charge in [0.2, 0.25) is 0 Å². The van der Waals surface area contributed by atoms with E-state index in [2.05, 4.69) is 21.2 Å². The lowest BCUT2D eigenvalue weighted by molar-refractivity contribution is 0.142. The van der Waals surface area contributed by atoms with Gasteiger partial charge < -0.3 is 10.1 Å². The van der Waals surface area contributed by atoms with Crippen LogP contribution in [0.15, 0.2) is 22.7 Å². The van der Waals surface area contributed by atoms with Crippen LogP contribution >= 0.6 is 39.9 Å². The molecule has 0 aromatic heterocycles. The van der Waals surface area contributed by atoms with Crippen LogP contribution in [0.1, 0.15) is 0 Å². The van der Waals surface area contributed by atoms with Gasteiger partial charge in [-0.25, -0.2) is 0 Å². The van der Waals surface area contributed by atoms with Crippen LogP contribution in [-0.2, 0) is 0 Å². The van der Waals surface area contributed by atoms with E-state index < -0.39 is 0 Å². The van der Waals surface area contributed by atoms with Crippen molar-refractivity contribution in [1.82, 2.24) is 5.32 Å². The van der Waals surface area contributed by atoms with E-state index >= 15 is 0 Å². The second-order valence-electron chi connectivity index (χ2n) is 2.97. The molecule has 2 nitrogen and oxygen atoms in total. The second-order valence-corrected chi connectivity index (χ2v) is 4.30. The zero-order valence-corrected chi connectivity index (χ0v) is 10.5. The molecular formula is C9H10BrCl2NO. The first kappa shape index (κ1) is 12.1. The highest BCUT2D eigenvalue weighted by Gasteiger charge is 2.19. The van der Waals surface area contributed by atoms with Crippen LogP contribution in [0.25, 0.3) is 0 Å². The van der Waals surface area contributed by atoms with Crippen molar-refractivity contribution in [2.24, 2.45) is 0 Å². The number of rotatable bonds is 2. The molecule has 0 bridgehead atoms. The average Bonchev–Trinajstić information content (AvgIpc) is 1.99. The molecule has 1 saturated heterocycles. The molecule has 1 aliphatic heterocycles. The van der Waals surface area contributed by atoms with Gasteiger partial charge in [0.15, 0.2) is 0 Å². The first-order valence-electron chi connectivity index (χ1n) is 4.08. The molecule has 14 heavy (non-hydrogen) atoms. The summed E-state index contributed by atoms with van der Waals surface area (Å²) in [5, 5.41) is 3.79. The molecule has 78 valence electrons. The maximum atomic E-state index is 5.98. The van der Waals surface area contributed by atoms with Crippen molar-refractivity contribution >= 4 is 39.9 Å². The Kier molecular flexibility index (Phi) is 4.51. The van der Waals surface area contributed by atoms with E-state index in [-0.39, 0.29) is 18.5 Å². The highest BCUT2D eigenvalue weighted by molar-refractivity contribution is 9.10. The first-order chi connectivity index (χ1) is 6.25. The molecule has 1 heterocycles. The van der Waals surface area contributed by atoms with Crippen LogP contribution in [-0.4, -0.2) is 19.2 Å². The summed E-state index contributed by atoms with van der Waals surface area (Å²) in [6.07, 6.45) is 0.277. The molecule has 2 rings (SSSR count). The Morgan fingerprint density at radius 1 is 1.43 bits per heavy atom. The molecule has 0 atom stereocenters. The summed E-state index contributed by atoms with van der Waals surface area (Å²) in [4.78, 5) is 0. The fraction of sp³-hybridized carbons (Fsp3) is 0.333. The van der Waals surface area contributed by atoms with Gasteiger partial charge in [0.05, 0.1) is 5.02 Å². The Hall–Kier alpha value is 0.0400. The van der Waals surface area contributed by atoms with Crippen LogP contribution in [0.2, 0.25) is 5.02 Å². The molecule has 5 heteroatoms. The fourth-order valence-corrected chi connectivity index (χ4v) is 1.81. The molecule has 0 saturated carbocycles. The van der Waals surface area contributed by atoms with E-state index in [0.29, 0.717) is 5.02 Å². The van der Waals surface area contributed by atoms with E-state index in [1.54, 1.807) is 0 Å². The van der Waals surface area contributed by atoms with Crippen LogP contribution in [0.5, 0.6) is 5.75 Å². The Labute approximate surface area is 103 Å². The summed E-state index contributed by atoms with van der Waals surface area (Å²) in [5.74, 6) is 0.761. The topological polar surface area (TPSA) is 21.3 Å². The number of ether oxygens (including phenoxy) is 1. The van der Waals surface area contributed by atoms with E-state index in [1.165, 1.54) is 0 Å². The molecule has 0 spiro atoms. The third kappa shape index (κ3) is 2.76. The van der Waals surface area contributed by atoms with Crippen LogP contribution in [0.3, 0.4) is 0 Å². The summed E-state index contributed by atoms with van der Waals surface area (Å²) < 4.78 is 6.59. The van der Waals surface area contributed by atoms with E-state index in [4.69, 9.17) is 16.3 Å². The summed E-state index contributed by atoms with van der Waals surface area (Å²) in [6.45, 7) is 1.82. The molecule has 1 fully saturated rings. The molecule has 1 aromatic carbocycles. The maximum Gasteiger partial charge on any atom is 0.138 e. The minimum absolute atomic E-state index is 0. The minimum atomic E-state index is 0. The third-order valence-electron chi connectivity index (χ3n) is 1.93. The minimum Gasteiger partial charge on any atom is -0.486 e. The number of hydrogen-bond donors (Lipinski definition) is 1. The van der Waals surface area contributed by atoms with Crippen molar-refractivity contribution in [3.8, 4) is 5.75 Å². The van der Waals surface area contributed by atoms with Gasteiger partial charge in [-0.3, -0.25) is 0 Å². The lowest BCUT2D eigenvalue weighted by Crippen LogP contribution is -2.50. The zero-order chi connectivity index (χ0) is 9.26. The van der Waals surface area contributed by atoms with E-state index in [1.807, 2.05) is 18.2 Å². The average molecular weight is 299 g/mol. The van der Waals surface area contributed by atoms with Crippen molar-refractivity contribution in [1.29, 1.82) is 0 Å². The van der Waals surface area contributed by atoms with Gasteiger partial charge >= 0.3 is 0 Å². The van der Waals surface area contributed by atoms with Gasteiger partial charge in [0, 0.05) is 17.6 Å². The Bertz CT molecular complexity index is 318. The predicted octanol–water partition coefficient (Wildman–Crippen LogP) is 2.87. The van der Waals surface area contributed by atoms with Crippen molar-refractivity contribution in [3.63, 3.8) is 0 Å². The largest absolute Gasteiger partial charge is 0.486 e. The normalized spacial score (nSPS) is 15.6. The first-order valence-corrected chi connectivity index (χ1v) is 5.25. The van der Waals surface area contributed by atoms with Crippen LogP contribution in [0, 0.1) is 0 Å². The van der Waals surface area contributed by atoms with Gasteiger partial charge in [-0.05, 0) is 18.2 Å². The summed E-state index contributed by atoms with van der Waals surface area (Å²) >= 11 is 9.32. The molecular weight excluding hydrogens is 289 g/mol. The van der Waals surface area contributed by atoms with Gasteiger partial charge in [0.25, 0.3) is 0 Å². The molecule has 1 aliphatic rings. The number of hydrogen-bond acceptors (Lipinski definition) is 2. The summed E-state index contributed by atoms with van der Waals surface area (Å²) in [7, 11) is 0. The Balaban J connectivity index is 0.000000980. The number of nitrogens with one attached hydrogen (secondary N) is 1. The van der Waals surface area contributed by atoms with Crippen LogP contribution in [0.4, 0.5) is 0 Å². The molecule has 1 N–H and O–H groups in total. The lowest BCUT2D eigenvalue weighted by atomic mass is 10.2. The van der Waals surface area contributed by atoms with Crippen molar-refractivity contribution in [2.45, 2.75) is 6.10 Å². The molecule has 0 radical (unpaired) electrons. The zero-order valence-electron chi connectivity index (χ0n) is 7.30.